The van der Waals surface area contributed by atoms with Crippen LogP contribution >= 0.6 is 11.3 Å². The number of nitrogens with zero attached hydrogens (tertiary/aromatic N) is 2. The van der Waals surface area contributed by atoms with Crippen LogP contribution < -0.4 is 5.56 Å². The minimum absolute atomic E-state index is 0.0200. The molecule has 0 fully saturated rings. The first-order valence-electron chi connectivity index (χ1n) is 5.85. The molecule has 0 aliphatic rings. The number of fused-ring (bicyclic) bond motifs is 1. The molecule has 0 radical (unpaired) electrons. The van der Waals surface area contributed by atoms with E-state index in [9.17, 15) is 4.79 Å². The first-order valence-corrected chi connectivity index (χ1v) is 6.73. The fourth-order valence-electron chi connectivity index (χ4n) is 2.04. The van der Waals surface area contributed by atoms with Gasteiger partial charge in [-0.3, -0.25) is 4.79 Å². The van der Waals surface area contributed by atoms with Crippen LogP contribution in [0.3, 0.4) is 0 Å². The lowest BCUT2D eigenvalue weighted by Gasteiger charge is -2.08. The van der Waals surface area contributed by atoms with Gasteiger partial charge >= 0.3 is 0 Å². The molecule has 0 atom stereocenters. The van der Waals surface area contributed by atoms with Gasteiger partial charge in [0.1, 0.15) is 5.69 Å². The molecule has 3 aromatic rings. The van der Waals surface area contributed by atoms with Gasteiger partial charge in [0.25, 0.3) is 5.56 Å². The Morgan fingerprint density at radius 2 is 1.94 bits per heavy atom. The molecule has 0 spiro atoms. The Labute approximate surface area is 108 Å². The molecular weight excluding hydrogens is 244 g/mol. The van der Waals surface area contributed by atoms with E-state index in [-0.39, 0.29) is 5.56 Å². The van der Waals surface area contributed by atoms with Gasteiger partial charge in [0.05, 0.1) is 10.3 Å². The summed E-state index contributed by atoms with van der Waals surface area (Å²) < 4.78 is 1.53. The van der Waals surface area contributed by atoms with E-state index in [0.29, 0.717) is 6.54 Å². The summed E-state index contributed by atoms with van der Waals surface area (Å²) in [5.41, 5.74) is 0.871. The second-order valence-corrected chi connectivity index (χ2v) is 4.94. The number of rotatable bonds is 2. The quantitative estimate of drug-likeness (QED) is 0.706. The molecule has 0 aliphatic heterocycles. The number of hydrogen-bond donors (Lipinski definition) is 0. The first kappa shape index (κ1) is 11.2. The van der Waals surface area contributed by atoms with Gasteiger partial charge in [-0.1, -0.05) is 24.3 Å². The van der Waals surface area contributed by atoms with E-state index in [1.807, 2.05) is 48.7 Å². The highest BCUT2D eigenvalue weighted by molar-refractivity contribution is 7.13. The highest BCUT2D eigenvalue weighted by atomic mass is 32.1. The van der Waals surface area contributed by atoms with Gasteiger partial charge in [-0.05, 0) is 24.4 Å². The summed E-state index contributed by atoms with van der Waals surface area (Å²) in [5, 5.41) is 8.16. The van der Waals surface area contributed by atoms with Crippen LogP contribution in [0.2, 0.25) is 0 Å². The molecule has 90 valence electrons. The van der Waals surface area contributed by atoms with Gasteiger partial charge in [-0.2, -0.15) is 5.10 Å². The molecule has 0 aliphatic carbocycles. The van der Waals surface area contributed by atoms with Crippen molar-refractivity contribution in [1.29, 1.82) is 0 Å². The summed E-state index contributed by atoms with van der Waals surface area (Å²) in [6, 6.07) is 11.7. The molecule has 3 nitrogen and oxygen atoms in total. The van der Waals surface area contributed by atoms with Crippen LogP contribution in [0.25, 0.3) is 21.3 Å². The van der Waals surface area contributed by atoms with Gasteiger partial charge in [0, 0.05) is 11.9 Å². The van der Waals surface area contributed by atoms with E-state index in [2.05, 4.69) is 5.10 Å². The predicted molar refractivity (Wildman–Crippen MR) is 75.0 cm³/mol. The van der Waals surface area contributed by atoms with Crippen LogP contribution in [0.4, 0.5) is 0 Å². The van der Waals surface area contributed by atoms with Crippen molar-refractivity contribution in [2.24, 2.45) is 0 Å². The Kier molecular flexibility index (Phi) is 2.72. The summed E-state index contributed by atoms with van der Waals surface area (Å²) in [6.45, 7) is 2.52. The van der Waals surface area contributed by atoms with E-state index in [1.54, 1.807) is 11.3 Å². The molecule has 2 heterocycles. The molecule has 0 amide bonds. The van der Waals surface area contributed by atoms with Crippen molar-refractivity contribution in [1.82, 2.24) is 9.78 Å². The number of hydrogen-bond acceptors (Lipinski definition) is 3. The normalized spacial score (nSPS) is 10.9. The summed E-state index contributed by atoms with van der Waals surface area (Å²) in [6.07, 6.45) is 0. The largest absolute Gasteiger partial charge is 0.274 e. The Balaban J connectivity index is 2.45. The van der Waals surface area contributed by atoms with Crippen molar-refractivity contribution < 1.29 is 0 Å². The van der Waals surface area contributed by atoms with Gasteiger partial charge in [-0.25, -0.2) is 4.68 Å². The number of thiophene rings is 1. The maximum Gasteiger partial charge on any atom is 0.274 e. The standard InChI is InChI=1S/C14H12N2OS/c1-2-16-14(17)11-7-4-3-6-10(11)13(15-16)12-8-5-9-18-12/h3-9H,2H2,1H3. The van der Waals surface area contributed by atoms with E-state index in [4.69, 9.17) is 0 Å². The van der Waals surface area contributed by atoms with E-state index in [1.165, 1.54) is 4.68 Å². The molecular formula is C14H12N2OS. The third-order valence-electron chi connectivity index (χ3n) is 2.92. The van der Waals surface area contributed by atoms with E-state index >= 15 is 0 Å². The third kappa shape index (κ3) is 1.66. The Morgan fingerprint density at radius 1 is 1.17 bits per heavy atom. The number of benzene rings is 1. The van der Waals surface area contributed by atoms with Crippen LogP contribution in [-0.4, -0.2) is 9.78 Å². The smallest absolute Gasteiger partial charge is 0.267 e. The molecule has 0 unspecified atom stereocenters. The Morgan fingerprint density at radius 3 is 2.61 bits per heavy atom. The van der Waals surface area contributed by atoms with Crippen LogP contribution in [0, 0.1) is 0 Å². The Hall–Kier alpha value is -1.94. The average Bonchev–Trinajstić information content (AvgIpc) is 2.93. The lowest BCUT2D eigenvalue weighted by atomic mass is 10.1. The molecule has 0 N–H and O–H groups in total. The van der Waals surface area contributed by atoms with Crippen LogP contribution in [0.15, 0.2) is 46.6 Å². The third-order valence-corrected chi connectivity index (χ3v) is 3.80. The van der Waals surface area contributed by atoms with Crippen LogP contribution in [-0.2, 0) is 6.54 Å². The molecule has 1 aromatic carbocycles. The second-order valence-electron chi connectivity index (χ2n) is 3.99. The maximum absolute atomic E-state index is 12.2. The zero-order valence-corrected chi connectivity index (χ0v) is 10.8. The summed E-state index contributed by atoms with van der Waals surface area (Å²) >= 11 is 1.64. The minimum Gasteiger partial charge on any atom is -0.267 e. The van der Waals surface area contributed by atoms with Crippen molar-refractivity contribution in [3.05, 3.63) is 52.1 Å². The second kappa shape index (κ2) is 4.38. The molecule has 0 bridgehead atoms. The molecule has 3 rings (SSSR count). The highest BCUT2D eigenvalue weighted by Crippen LogP contribution is 2.28. The molecule has 18 heavy (non-hydrogen) atoms. The topological polar surface area (TPSA) is 34.9 Å². The van der Waals surface area contributed by atoms with Gasteiger partial charge in [0.15, 0.2) is 0 Å². The number of aromatic nitrogens is 2. The van der Waals surface area contributed by atoms with Gasteiger partial charge < -0.3 is 0 Å². The highest BCUT2D eigenvalue weighted by Gasteiger charge is 2.11. The van der Waals surface area contributed by atoms with Crippen LogP contribution in [0.1, 0.15) is 6.92 Å². The zero-order chi connectivity index (χ0) is 12.5. The Bertz CT molecular complexity index is 744. The maximum atomic E-state index is 12.2. The van der Waals surface area contributed by atoms with E-state index < -0.39 is 0 Å². The first-order chi connectivity index (χ1) is 8.81. The zero-order valence-electron chi connectivity index (χ0n) is 9.96. The average molecular weight is 256 g/mol. The molecule has 2 aromatic heterocycles. The van der Waals surface area contributed by atoms with Crippen LogP contribution in [0.5, 0.6) is 0 Å². The summed E-state index contributed by atoms with van der Waals surface area (Å²) in [4.78, 5) is 13.3. The van der Waals surface area contributed by atoms with Gasteiger partial charge in [-0.15, -0.1) is 11.3 Å². The van der Waals surface area contributed by atoms with Crippen molar-refractivity contribution in [2.45, 2.75) is 13.5 Å². The lowest BCUT2D eigenvalue weighted by molar-refractivity contribution is 0.627. The molecule has 0 saturated heterocycles. The number of aryl methyl sites for hydroxylation is 1. The fraction of sp³-hybridized carbons (Fsp3) is 0.143. The molecule has 4 heteroatoms. The monoisotopic (exact) mass is 256 g/mol. The molecule has 0 saturated carbocycles. The van der Waals surface area contributed by atoms with Crippen molar-refractivity contribution in [2.75, 3.05) is 0 Å². The summed E-state index contributed by atoms with van der Waals surface area (Å²) in [5.74, 6) is 0. The van der Waals surface area contributed by atoms with Crippen molar-refractivity contribution in [3.8, 4) is 10.6 Å². The predicted octanol–water partition coefficient (Wildman–Crippen LogP) is 3.14. The van der Waals surface area contributed by atoms with E-state index in [0.717, 1.165) is 21.3 Å². The summed E-state index contributed by atoms with van der Waals surface area (Å²) in [7, 11) is 0. The SMILES string of the molecule is CCn1nc(-c2cccs2)c2ccccc2c1=O. The minimum atomic E-state index is -0.0200. The lowest BCUT2D eigenvalue weighted by Crippen LogP contribution is -2.22. The van der Waals surface area contributed by atoms with Gasteiger partial charge in [0.2, 0.25) is 0 Å². The van der Waals surface area contributed by atoms with Crippen molar-refractivity contribution in [3.63, 3.8) is 0 Å². The fourth-order valence-corrected chi connectivity index (χ4v) is 2.77. The van der Waals surface area contributed by atoms with Crippen molar-refractivity contribution >= 4 is 22.1 Å².